The fraction of sp³-hybridized carbons (Fsp3) is 0.455. The quantitative estimate of drug-likeness (QED) is 0.819. The van der Waals surface area contributed by atoms with Gasteiger partial charge in [0.25, 0.3) is 0 Å². The molecule has 2 N–H and O–H groups in total. The minimum absolute atomic E-state index is 0.0700. The zero-order valence-electron chi connectivity index (χ0n) is 10.6. The van der Waals surface area contributed by atoms with Gasteiger partial charge in [-0.15, -0.1) is 11.3 Å². The van der Waals surface area contributed by atoms with E-state index in [9.17, 15) is 9.59 Å². The molecule has 0 saturated heterocycles. The molecule has 0 fully saturated rings. The summed E-state index contributed by atoms with van der Waals surface area (Å²) >= 11 is 4.86. The molecule has 0 radical (unpaired) electrons. The number of carbonyl (C=O) groups is 2. The van der Waals surface area contributed by atoms with Crippen LogP contribution in [0.3, 0.4) is 0 Å². The Hall–Kier alpha value is -1.12. The van der Waals surface area contributed by atoms with Gasteiger partial charge in [-0.3, -0.25) is 0 Å². The number of carbonyl (C=O) groups excluding carboxylic acids is 1. The second-order valence-electron chi connectivity index (χ2n) is 3.88. The molecule has 0 aliphatic carbocycles. The van der Waals surface area contributed by atoms with Gasteiger partial charge in [-0.05, 0) is 22.0 Å². The van der Waals surface area contributed by atoms with E-state index in [4.69, 9.17) is 9.84 Å². The highest BCUT2D eigenvalue weighted by Gasteiger charge is 2.21. The SMILES string of the molecule is COCC(NC(=O)N(C)Cc1cc(Br)cs1)C(=O)O. The molecule has 1 unspecified atom stereocenters. The van der Waals surface area contributed by atoms with E-state index in [0.29, 0.717) is 6.54 Å². The first-order chi connectivity index (χ1) is 8.93. The monoisotopic (exact) mass is 350 g/mol. The Morgan fingerprint density at radius 3 is 2.79 bits per heavy atom. The molecule has 1 atom stereocenters. The molecule has 0 aromatic carbocycles. The molecule has 1 aromatic heterocycles. The number of methoxy groups -OCH3 is 1. The molecular weight excluding hydrogens is 336 g/mol. The van der Waals surface area contributed by atoms with Crippen molar-refractivity contribution in [3.63, 3.8) is 0 Å². The number of urea groups is 1. The molecule has 0 aliphatic heterocycles. The van der Waals surface area contributed by atoms with Crippen molar-refractivity contribution in [3.05, 3.63) is 20.8 Å². The lowest BCUT2D eigenvalue weighted by Crippen LogP contribution is -2.48. The van der Waals surface area contributed by atoms with Crippen LogP contribution < -0.4 is 5.32 Å². The highest BCUT2D eigenvalue weighted by Crippen LogP contribution is 2.20. The maximum atomic E-state index is 11.8. The summed E-state index contributed by atoms with van der Waals surface area (Å²) in [4.78, 5) is 25.1. The second-order valence-corrected chi connectivity index (χ2v) is 5.79. The number of carboxylic acids is 1. The molecule has 0 aliphatic rings. The lowest BCUT2D eigenvalue weighted by molar-refractivity contribution is -0.140. The van der Waals surface area contributed by atoms with E-state index in [1.165, 1.54) is 23.3 Å². The Bertz CT molecular complexity index is 452. The Morgan fingerprint density at radius 2 is 2.32 bits per heavy atom. The van der Waals surface area contributed by atoms with E-state index in [0.717, 1.165) is 9.35 Å². The summed E-state index contributed by atoms with van der Waals surface area (Å²) in [6.45, 7) is 0.348. The van der Waals surface area contributed by atoms with Crippen molar-refractivity contribution < 1.29 is 19.4 Å². The van der Waals surface area contributed by atoms with Crippen LogP contribution in [0.4, 0.5) is 4.79 Å². The second kappa shape index (κ2) is 7.46. The van der Waals surface area contributed by atoms with Gasteiger partial charge in [0.1, 0.15) is 0 Å². The van der Waals surface area contributed by atoms with Gasteiger partial charge in [0, 0.05) is 28.9 Å². The average molecular weight is 351 g/mol. The van der Waals surface area contributed by atoms with Crippen molar-refractivity contribution in [1.29, 1.82) is 0 Å². The fourth-order valence-electron chi connectivity index (χ4n) is 1.34. The van der Waals surface area contributed by atoms with Gasteiger partial charge in [-0.1, -0.05) is 0 Å². The van der Waals surface area contributed by atoms with Crippen LogP contribution in [-0.2, 0) is 16.1 Å². The molecule has 1 aromatic rings. The zero-order valence-corrected chi connectivity index (χ0v) is 13.0. The maximum absolute atomic E-state index is 11.8. The number of nitrogens with one attached hydrogen (secondary N) is 1. The molecule has 0 bridgehead atoms. The van der Waals surface area contributed by atoms with Crippen molar-refractivity contribution in [3.8, 4) is 0 Å². The van der Waals surface area contributed by atoms with Crippen LogP contribution in [0.25, 0.3) is 0 Å². The standard InChI is InChI=1S/C11H15BrN2O4S/c1-14(4-8-3-7(12)6-19-8)11(17)13-9(5-18-2)10(15)16/h3,6,9H,4-5H2,1-2H3,(H,13,17)(H,15,16). The number of ether oxygens (including phenoxy) is 1. The molecule has 6 nitrogen and oxygen atoms in total. The average Bonchev–Trinajstić information content (AvgIpc) is 2.73. The lowest BCUT2D eigenvalue weighted by Gasteiger charge is -2.20. The summed E-state index contributed by atoms with van der Waals surface area (Å²) in [5.74, 6) is -1.12. The van der Waals surface area contributed by atoms with Gasteiger partial charge in [0.05, 0.1) is 13.2 Å². The number of halogens is 1. The van der Waals surface area contributed by atoms with Gasteiger partial charge < -0.3 is 20.1 Å². The van der Waals surface area contributed by atoms with Gasteiger partial charge >= 0.3 is 12.0 Å². The topological polar surface area (TPSA) is 78.9 Å². The predicted molar refractivity (Wildman–Crippen MR) is 75.3 cm³/mol. The van der Waals surface area contributed by atoms with Crippen LogP contribution in [0.1, 0.15) is 4.88 Å². The van der Waals surface area contributed by atoms with Crippen molar-refractivity contribution >= 4 is 39.3 Å². The smallest absolute Gasteiger partial charge is 0.328 e. The van der Waals surface area contributed by atoms with Crippen molar-refractivity contribution in [1.82, 2.24) is 10.2 Å². The van der Waals surface area contributed by atoms with E-state index in [2.05, 4.69) is 21.2 Å². The van der Waals surface area contributed by atoms with Crippen molar-refractivity contribution in [2.45, 2.75) is 12.6 Å². The molecule has 1 rings (SSSR count). The number of carboxylic acid groups (broad SMARTS) is 1. The molecule has 1 heterocycles. The molecular formula is C11H15BrN2O4S. The van der Waals surface area contributed by atoms with E-state index in [1.54, 1.807) is 7.05 Å². The third-order valence-electron chi connectivity index (χ3n) is 2.29. The van der Waals surface area contributed by atoms with Crippen LogP contribution in [-0.4, -0.2) is 48.8 Å². The Morgan fingerprint density at radius 1 is 1.63 bits per heavy atom. The van der Waals surface area contributed by atoms with E-state index in [-0.39, 0.29) is 6.61 Å². The molecule has 106 valence electrons. The summed E-state index contributed by atoms with van der Waals surface area (Å²) in [5, 5.41) is 13.2. The van der Waals surface area contributed by atoms with E-state index in [1.807, 2.05) is 11.4 Å². The van der Waals surface area contributed by atoms with Crippen molar-refractivity contribution in [2.75, 3.05) is 20.8 Å². The largest absolute Gasteiger partial charge is 0.480 e. The Labute approximate surface area is 123 Å². The summed E-state index contributed by atoms with van der Waals surface area (Å²) in [7, 11) is 2.99. The summed E-state index contributed by atoms with van der Waals surface area (Å²) in [6, 6.07) is 0.419. The van der Waals surface area contributed by atoms with Crippen LogP contribution in [0, 0.1) is 0 Å². The van der Waals surface area contributed by atoms with Crippen LogP contribution in [0.15, 0.2) is 15.9 Å². The van der Waals surface area contributed by atoms with Crippen LogP contribution in [0.2, 0.25) is 0 Å². The van der Waals surface area contributed by atoms with E-state index >= 15 is 0 Å². The summed E-state index contributed by atoms with van der Waals surface area (Å²) in [6.07, 6.45) is 0. The summed E-state index contributed by atoms with van der Waals surface area (Å²) < 4.78 is 5.71. The van der Waals surface area contributed by atoms with Gasteiger partial charge in [-0.25, -0.2) is 9.59 Å². The Balaban J connectivity index is 2.54. The highest BCUT2D eigenvalue weighted by molar-refractivity contribution is 9.10. The maximum Gasteiger partial charge on any atom is 0.328 e. The normalized spacial score (nSPS) is 11.9. The van der Waals surface area contributed by atoms with E-state index < -0.39 is 18.0 Å². The van der Waals surface area contributed by atoms with Crippen molar-refractivity contribution in [2.24, 2.45) is 0 Å². The fourth-order valence-corrected chi connectivity index (χ4v) is 2.85. The molecule has 8 heteroatoms. The molecule has 19 heavy (non-hydrogen) atoms. The minimum Gasteiger partial charge on any atom is -0.480 e. The van der Waals surface area contributed by atoms with Gasteiger partial charge in [0.15, 0.2) is 6.04 Å². The third-order valence-corrected chi connectivity index (χ3v) is 3.97. The lowest BCUT2D eigenvalue weighted by atomic mass is 10.3. The molecule has 0 spiro atoms. The Kier molecular flexibility index (Phi) is 6.26. The van der Waals surface area contributed by atoms with Gasteiger partial charge in [-0.2, -0.15) is 0 Å². The first kappa shape index (κ1) is 15.9. The number of thiophene rings is 1. The number of amides is 2. The first-order valence-corrected chi connectivity index (χ1v) is 7.07. The minimum atomic E-state index is -1.12. The first-order valence-electron chi connectivity index (χ1n) is 5.40. The number of rotatable bonds is 6. The number of nitrogens with zero attached hydrogens (tertiary/aromatic N) is 1. The molecule has 0 saturated carbocycles. The molecule has 2 amide bonds. The number of hydrogen-bond donors (Lipinski definition) is 2. The zero-order chi connectivity index (χ0) is 14.4. The van der Waals surface area contributed by atoms with Gasteiger partial charge in [0.2, 0.25) is 0 Å². The van der Waals surface area contributed by atoms with Crippen LogP contribution in [0.5, 0.6) is 0 Å². The predicted octanol–water partition coefficient (Wildman–Crippen LogP) is 1.75. The van der Waals surface area contributed by atoms with Crippen LogP contribution >= 0.6 is 27.3 Å². The summed E-state index contributed by atoms with van der Waals surface area (Å²) in [5.41, 5.74) is 0. The highest BCUT2D eigenvalue weighted by atomic mass is 79.9. The third kappa shape index (κ3) is 5.17. The number of hydrogen-bond acceptors (Lipinski definition) is 4. The number of aliphatic carboxylic acids is 1.